The summed E-state index contributed by atoms with van der Waals surface area (Å²) in [4.78, 5) is 34.1. The maximum absolute atomic E-state index is 10.8. The van der Waals surface area contributed by atoms with Gasteiger partial charge in [0.05, 0.1) is 33.6 Å². The fourth-order valence-corrected chi connectivity index (χ4v) is 5.25. The molecule has 0 fully saturated rings. The van der Waals surface area contributed by atoms with Crippen LogP contribution in [0.25, 0.3) is 0 Å². The van der Waals surface area contributed by atoms with E-state index in [1.807, 2.05) is 13.0 Å². The third kappa shape index (κ3) is 16.1. The summed E-state index contributed by atoms with van der Waals surface area (Å²) in [6.45, 7) is 6.92. The highest BCUT2D eigenvalue weighted by Crippen LogP contribution is 2.35. The maximum atomic E-state index is 10.8. The molecule has 56 heavy (non-hydrogen) atoms. The van der Waals surface area contributed by atoms with Crippen molar-refractivity contribution in [3.63, 3.8) is 0 Å². The van der Waals surface area contributed by atoms with Crippen LogP contribution in [-0.4, -0.2) is 71.8 Å². The SMILES string of the molecule is CCC(C#N)OS(C)(=O)=O.CCC(C#N)Oc1cccc([N+](=O)[O-])c1Cl.CCC(Oc1cccc([N+](=O)[O-])c1Cl)C1=NCCN1.O=[N+]([O-])c1cccc(O)c1Cl. The summed E-state index contributed by atoms with van der Waals surface area (Å²) in [5.74, 6) is 0.953. The molecule has 1 aliphatic heterocycles. The van der Waals surface area contributed by atoms with E-state index in [9.17, 15) is 38.8 Å². The average molecular weight is 861 g/mol. The lowest BCUT2D eigenvalue weighted by molar-refractivity contribution is -0.384. The Morgan fingerprint density at radius 1 is 0.786 bits per heavy atom. The second-order valence-electron chi connectivity index (χ2n) is 10.7. The number of hydrogen-bond donors (Lipinski definition) is 2. The summed E-state index contributed by atoms with van der Waals surface area (Å²) in [6, 6.07) is 16.3. The first-order valence-corrected chi connectivity index (χ1v) is 19.1. The lowest BCUT2D eigenvalue weighted by Gasteiger charge is -2.18. The van der Waals surface area contributed by atoms with Crippen molar-refractivity contribution in [3.8, 4) is 29.4 Å². The molecule has 302 valence electrons. The Morgan fingerprint density at radius 2 is 1.23 bits per heavy atom. The number of nitro benzene ring substituents is 3. The summed E-state index contributed by atoms with van der Waals surface area (Å²) in [5, 5.41) is 60.3. The minimum absolute atomic E-state index is 0.0181. The van der Waals surface area contributed by atoms with Gasteiger partial charge in [-0.1, -0.05) is 73.8 Å². The van der Waals surface area contributed by atoms with Gasteiger partial charge in [-0.25, -0.2) is 0 Å². The van der Waals surface area contributed by atoms with Crippen LogP contribution < -0.4 is 14.8 Å². The molecule has 2 N–H and O–H groups in total. The first-order chi connectivity index (χ1) is 26.3. The summed E-state index contributed by atoms with van der Waals surface area (Å²) in [5.41, 5.74) is -0.672. The summed E-state index contributed by atoms with van der Waals surface area (Å²) in [6.07, 6.45) is 0.730. The van der Waals surface area contributed by atoms with Crippen molar-refractivity contribution in [1.82, 2.24) is 5.32 Å². The van der Waals surface area contributed by atoms with Crippen molar-refractivity contribution in [3.05, 3.63) is 100 Å². The van der Waals surface area contributed by atoms with E-state index in [0.717, 1.165) is 25.2 Å². The molecule has 0 aliphatic carbocycles. The Morgan fingerprint density at radius 3 is 1.57 bits per heavy atom. The molecular weight excluding hydrogens is 825 g/mol. The molecule has 4 rings (SSSR count). The van der Waals surface area contributed by atoms with Crippen LogP contribution in [0.15, 0.2) is 59.6 Å². The van der Waals surface area contributed by atoms with Crippen LogP contribution >= 0.6 is 34.8 Å². The monoisotopic (exact) mass is 859 g/mol. The highest BCUT2D eigenvalue weighted by molar-refractivity contribution is 7.86. The van der Waals surface area contributed by atoms with Gasteiger partial charge in [-0.05, 0) is 37.5 Å². The maximum Gasteiger partial charge on any atom is 0.291 e. The molecule has 0 amide bonds. The van der Waals surface area contributed by atoms with Crippen LogP contribution in [0.4, 0.5) is 17.1 Å². The fraction of sp³-hybridized carbons (Fsp3) is 0.364. The van der Waals surface area contributed by atoms with Gasteiger partial charge in [0.15, 0.2) is 33.4 Å². The Kier molecular flexibility index (Phi) is 20.9. The average Bonchev–Trinajstić information content (AvgIpc) is 3.69. The molecule has 0 radical (unpaired) electrons. The molecular formula is C33H36Cl3N7O12S. The van der Waals surface area contributed by atoms with Crippen LogP contribution in [0.5, 0.6) is 17.2 Å². The van der Waals surface area contributed by atoms with Gasteiger partial charge in [-0.3, -0.25) is 39.5 Å². The van der Waals surface area contributed by atoms with Gasteiger partial charge in [0.1, 0.15) is 29.2 Å². The van der Waals surface area contributed by atoms with Gasteiger partial charge < -0.3 is 19.9 Å². The van der Waals surface area contributed by atoms with E-state index in [0.29, 0.717) is 25.0 Å². The fourth-order valence-electron chi connectivity index (χ4n) is 3.98. The first-order valence-electron chi connectivity index (χ1n) is 16.1. The van der Waals surface area contributed by atoms with Crippen molar-refractivity contribution in [2.24, 2.45) is 4.99 Å². The number of benzene rings is 3. The number of phenolic OH excluding ortho intramolecular Hbond substituents is 1. The third-order valence-electron chi connectivity index (χ3n) is 6.67. The quantitative estimate of drug-likeness (QED) is 0.0952. The van der Waals surface area contributed by atoms with Crippen molar-refractivity contribution in [1.29, 1.82) is 10.5 Å². The molecule has 3 unspecified atom stereocenters. The van der Waals surface area contributed by atoms with E-state index in [-0.39, 0.29) is 49.7 Å². The van der Waals surface area contributed by atoms with Gasteiger partial charge in [0.2, 0.25) is 0 Å². The van der Waals surface area contributed by atoms with Crippen LogP contribution in [-0.2, 0) is 14.3 Å². The van der Waals surface area contributed by atoms with Crippen LogP contribution in [0.1, 0.15) is 40.0 Å². The van der Waals surface area contributed by atoms with Crippen molar-refractivity contribution < 1.29 is 42.0 Å². The molecule has 23 heteroatoms. The Hall–Kier alpha value is -5.51. The standard InChI is InChI=1S/C12H14ClN3O3.C10H9ClN2O3.C6H4ClNO3.C5H9NO3S/c1-2-9(12-14-6-7-15-12)19-10-5-3-4-8(11(10)13)16(17)18;1-2-7(6-12)16-9-5-3-4-8(10(9)11)13(14)15;7-6-4(8(10)11)2-1-3-5(6)9;1-3-5(4-6)9-10(2,7)8/h3-5,9H,2,6-7H2,1H3,(H,14,15);3-5,7H,2H2,1H3;1-3,9H;5H,3H2,1-2H3. The predicted octanol–water partition coefficient (Wildman–Crippen LogP) is 7.56. The van der Waals surface area contributed by atoms with Gasteiger partial charge in [-0.15, -0.1) is 0 Å². The highest BCUT2D eigenvalue weighted by atomic mass is 35.5. The second kappa shape index (κ2) is 24.1. The van der Waals surface area contributed by atoms with Crippen LogP contribution in [0.3, 0.4) is 0 Å². The van der Waals surface area contributed by atoms with E-state index >= 15 is 0 Å². The van der Waals surface area contributed by atoms with E-state index in [1.165, 1.54) is 42.5 Å². The number of nitriles is 2. The van der Waals surface area contributed by atoms with Gasteiger partial charge in [0.25, 0.3) is 27.2 Å². The molecule has 0 saturated heterocycles. The summed E-state index contributed by atoms with van der Waals surface area (Å²) < 4.78 is 36.1. The van der Waals surface area contributed by atoms with Gasteiger partial charge in [-0.2, -0.15) is 18.9 Å². The van der Waals surface area contributed by atoms with E-state index in [2.05, 4.69) is 14.5 Å². The highest BCUT2D eigenvalue weighted by Gasteiger charge is 2.23. The number of amidine groups is 1. The molecule has 1 aliphatic rings. The number of hydrogen-bond acceptors (Lipinski definition) is 16. The first kappa shape index (κ1) is 48.5. The van der Waals surface area contributed by atoms with Gasteiger partial charge in [0, 0.05) is 24.7 Å². The predicted molar refractivity (Wildman–Crippen MR) is 207 cm³/mol. The largest absolute Gasteiger partial charge is 0.506 e. The molecule has 3 aromatic rings. The van der Waals surface area contributed by atoms with Crippen LogP contribution in [0, 0.1) is 53.0 Å². The Bertz CT molecular complexity index is 2060. The molecule has 0 aromatic heterocycles. The van der Waals surface area contributed by atoms with E-state index in [4.69, 9.17) is 59.9 Å². The number of nitrogens with one attached hydrogen (secondary N) is 1. The number of nitro groups is 3. The number of halogens is 3. The molecule has 0 bridgehead atoms. The number of phenols is 1. The smallest absolute Gasteiger partial charge is 0.291 e. The molecule has 3 atom stereocenters. The second-order valence-corrected chi connectivity index (χ2v) is 13.5. The molecule has 0 spiro atoms. The molecule has 3 aromatic carbocycles. The zero-order valence-corrected chi connectivity index (χ0v) is 33.2. The Balaban J connectivity index is 0.000000387. The zero-order chi connectivity index (χ0) is 42.6. The normalized spacial score (nSPS) is 13.0. The summed E-state index contributed by atoms with van der Waals surface area (Å²) >= 11 is 17.2. The molecule has 1 heterocycles. The van der Waals surface area contributed by atoms with Crippen molar-refractivity contribution >= 4 is 67.8 Å². The van der Waals surface area contributed by atoms with Crippen LogP contribution in [0.2, 0.25) is 15.1 Å². The van der Waals surface area contributed by atoms with Crippen molar-refractivity contribution in [2.45, 2.75) is 58.3 Å². The number of aromatic hydroxyl groups is 1. The number of aliphatic imine (C=N–C) groups is 1. The van der Waals surface area contributed by atoms with E-state index < -0.39 is 37.1 Å². The molecule has 0 saturated carbocycles. The molecule has 19 nitrogen and oxygen atoms in total. The number of rotatable bonds is 13. The number of ether oxygens (including phenoxy) is 2. The minimum Gasteiger partial charge on any atom is -0.506 e. The minimum atomic E-state index is -3.47. The topological polar surface area (TPSA) is 283 Å². The third-order valence-corrected chi connectivity index (χ3v) is 8.40. The Labute approximate surface area is 336 Å². The zero-order valence-electron chi connectivity index (χ0n) is 30.1. The van der Waals surface area contributed by atoms with Crippen molar-refractivity contribution in [2.75, 3.05) is 19.3 Å². The lowest BCUT2D eigenvalue weighted by atomic mass is 10.2. The van der Waals surface area contributed by atoms with E-state index in [1.54, 1.807) is 32.0 Å². The summed E-state index contributed by atoms with van der Waals surface area (Å²) in [7, 11) is -3.47. The van der Waals surface area contributed by atoms with Gasteiger partial charge >= 0.3 is 0 Å². The lowest BCUT2D eigenvalue weighted by Crippen LogP contribution is -2.35. The number of nitrogens with zero attached hydrogens (tertiary/aromatic N) is 6.